The highest BCUT2D eigenvalue weighted by atomic mass is 32.1. The average molecular weight is 332 g/mol. The van der Waals surface area contributed by atoms with Gasteiger partial charge in [0.25, 0.3) is 0 Å². The fourth-order valence-corrected chi connectivity index (χ4v) is 2.88. The van der Waals surface area contributed by atoms with Crippen molar-refractivity contribution in [2.24, 2.45) is 0 Å². The van der Waals surface area contributed by atoms with Crippen LogP contribution in [0.3, 0.4) is 0 Å². The van der Waals surface area contributed by atoms with Crippen LogP contribution in [0.25, 0.3) is 0 Å². The zero-order valence-corrected chi connectivity index (χ0v) is 14.2. The maximum atomic E-state index is 12.0. The normalized spacial score (nSPS) is 11.3. The average Bonchev–Trinajstić information content (AvgIpc) is 2.95. The zero-order valence-electron chi connectivity index (χ0n) is 13.4. The molecule has 1 aromatic carbocycles. The molecule has 0 saturated heterocycles. The van der Waals surface area contributed by atoms with E-state index in [9.17, 15) is 9.59 Å². The maximum Gasteiger partial charge on any atom is 0.335 e. The molecule has 0 aliphatic heterocycles. The molecular formula is C17H20N2O3S. The van der Waals surface area contributed by atoms with Crippen LogP contribution in [0.5, 0.6) is 0 Å². The summed E-state index contributed by atoms with van der Waals surface area (Å²) in [5, 5.41) is 14.6. The van der Waals surface area contributed by atoms with Gasteiger partial charge in [-0.1, -0.05) is 32.9 Å². The molecule has 0 spiro atoms. The molecule has 0 radical (unpaired) electrons. The summed E-state index contributed by atoms with van der Waals surface area (Å²) >= 11 is 1.54. The predicted molar refractivity (Wildman–Crippen MR) is 89.8 cm³/mol. The van der Waals surface area contributed by atoms with E-state index in [0.29, 0.717) is 6.54 Å². The SMILES string of the molecule is CC(C)(C)c1csc(CNC(=O)Cc2ccc(C(=O)O)cc2)n1. The molecule has 122 valence electrons. The lowest BCUT2D eigenvalue weighted by Gasteiger charge is -2.14. The third-order valence-corrected chi connectivity index (χ3v) is 4.17. The van der Waals surface area contributed by atoms with Crippen molar-refractivity contribution in [2.75, 3.05) is 0 Å². The third kappa shape index (κ3) is 4.89. The Kier molecular flexibility index (Phi) is 5.15. The van der Waals surface area contributed by atoms with Crippen molar-refractivity contribution in [1.82, 2.24) is 10.3 Å². The minimum atomic E-state index is -0.973. The van der Waals surface area contributed by atoms with E-state index in [1.54, 1.807) is 12.1 Å². The first-order chi connectivity index (χ1) is 10.8. The van der Waals surface area contributed by atoms with Gasteiger partial charge < -0.3 is 10.4 Å². The number of carboxylic acid groups (broad SMARTS) is 1. The quantitative estimate of drug-likeness (QED) is 0.882. The molecule has 1 heterocycles. The summed E-state index contributed by atoms with van der Waals surface area (Å²) in [6.07, 6.45) is 0.220. The largest absolute Gasteiger partial charge is 0.478 e. The highest BCUT2D eigenvalue weighted by Gasteiger charge is 2.17. The van der Waals surface area contributed by atoms with E-state index in [-0.39, 0.29) is 23.3 Å². The van der Waals surface area contributed by atoms with Gasteiger partial charge in [0.15, 0.2) is 0 Å². The number of carbonyl (C=O) groups excluding carboxylic acids is 1. The summed E-state index contributed by atoms with van der Waals surface area (Å²) in [4.78, 5) is 27.3. The molecule has 6 heteroatoms. The number of rotatable bonds is 5. The van der Waals surface area contributed by atoms with Crippen molar-refractivity contribution in [3.05, 3.63) is 51.5 Å². The van der Waals surface area contributed by atoms with Crippen LogP contribution in [0.15, 0.2) is 29.6 Å². The molecule has 1 amide bonds. The van der Waals surface area contributed by atoms with Crippen LogP contribution in [0.1, 0.15) is 47.4 Å². The topological polar surface area (TPSA) is 79.3 Å². The second-order valence-electron chi connectivity index (χ2n) is 6.33. The van der Waals surface area contributed by atoms with E-state index in [2.05, 4.69) is 31.1 Å². The Labute approximate surface area is 139 Å². The number of thiazole rings is 1. The molecule has 0 unspecified atom stereocenters. The van der Waals surface area contributed by atoms with Crippen LogP contribution in [0, 0.1) is 0 Å². The van der Waals surface area contributed by atoms with Crippen LogP contribution in [-0.4, -0.2) is 22.0 Å². The Morgan fingerprint density at radius 1 is 1.22 bits per heavy atom. The van der Waals surface area contributed by atoms with E-state index >= 15 is 0 Å². The molecule has 0 saturated carbocycles. The highest BCUT2D eigenvalue weighted by molar-refractivity contribution is 7.09. The van der Waals surface area contributed by atoms with E-state index in [0.717, 1.165) is 16.3 Å². The van der Waals surface area contributed by atoms with E-state index < -0.39 is 5.97 Å². The van der Waals surface area contributed by atoms with E-state index in [4.69, 9.17) is 5.11 Å². The summed E-state index contributed by atoms with van der Waals surface area (Å²) in [6, 6.07) is 6.32. The van der Waals surface area contributed by atoms with Gasteiger partial charge in [0.2, 0.25) is 5.91 Å². The number of carboxylic acids is 1. The minimum absolute atomic E-state index is 0.00461. The van der Waals surface area contributed by atoms with Gasteiger partial charge in [0, 0.05) is 10.8 Å². The van der Waals surface area contributed by atoms with Gasteiger partial charge in [0.05, 0.1) is 24.2 Å². The Morgan fingerprint density at radius 3 is 2.39 bits per heavy atom. The molecule has 23 heavy (non-hydrogen) atoms. The molecule has 0 fully saturated rings. The van der Waals surface area contributed by atoms with Crippen molar-refractivity contribution in [1.29, 1.82) is 0 Å². The maximum absolute atomic E-state index is 12.0. The van der Waals surface area contributed by atoms with Crippen molar-refractivity contribution in [3.8, 4) is 0 Å². The molecule has 2 N–H and O–H groups in total. The molecule has 0 bridgehead atoms. The summed E-state index contributed by atoms with van der Waals surface area (Å²) in [6.45, 7) is 6.72. The summed E-state index contributed by atoms with van der Waals surface area (Å²) < 4.78 is 0. The van der Waals surface area contributed by atoms with Gasteiger partial charge in [0.1, 0.15) is 5.01 Å². The lowest BCUT2D eigenvalue weighted by atomic mass is 9.93. The Hall–Kier alpha value is -2.21. The number of benzene rings is 1. The van der Waals surface area contributed by atoms with Gasteiger partial charge in [-0.15, -0.1) is 11.3 Å². The Bertz CT molecular complexity index is 699. The van der Waals surface area contributed by atoms with Crippen LogP contribution < -0.4 is 5.32 Å². The molecule has 0 aliphatic rings. The fraction of sp³-hybridized carbons (Fsp3) is 0.353. The van der Waals surface area contributed by atoms with Crippen LogP contribution in [0.2, 0.25) is 0 Å². The van der Waals surface area contributed by atoms with Gasteiger partial charge in [-0.25, -0.2) is 9.78 Å². The van der Waals surface area contributed by atoms with Crippen molar-refractivity contribution in [2.45, 2.75) is 39.2 Å². The van der Waals surface area contributed by atoms with Crippen molar-refractivity contribution in [3.63, 3.8) is 0 Å². The van der Waals surface area contributed by atoms with E-state index in [1.807, 2.05) is 5.38 Å². The minimum Gasteiger partial charge on any atom is -0.478 e. The standard InChI is InChI=1S/C17H20N2O3S/c1-17(2,3)13-10-23-15(19-13)9-18-14(20)8-11-4-6-12(7-5-11)16(21)22/h4-7,10H,8-9H2,1-3H3,(H,18,20)(H,21,22). The summed E-state index contributed by atoms with van der Waals surface area (Å²) in [5.74, 6) is -1.08. The monoisotopic (exact) mass is 332 g/mol. The van der Waals surface area contributed by atoms with Gasteiger partial charge in [-0.2, -0.15) is 0 Å². The second kappa shape index (κ2) is 6.91. The molecule has 2 rings (SSSR count). The number of amides is 1. The van der Waals surface area contributed by atoms with Crippen LogP contribution in [0.4, 0.5) is 0 Å². The number of hydrogen-bond donors (Lipinski definition) is 2. The molecular weight excluding hydrogens is 312 g/mol. The third-order valence-electron chi connectivity index (χ3n) is 3.32. The number of aromatic carboxylic acids is 1. The number of carbonyl (C=O) groups is 2. The van der Waals surface area contributed by atoms with Crippen molar-refractivity contribution >= 4 is 23.2 Å². The Balaban J connectivity index is 1.87. The second-order valence-corrected chi connectivity index (χ2v) is 7.27. The lowest BCUT2D eigenvalue weighted by molar-refractivity contribution is -0.120. The molecule has 2 aromatic rings. The van der Waals surface area contributed by atoms with Crippen molar-refractivity contribution < 1.29 is 14.7 Å². The van der Waals surface area contributed by atoms with Gasteiger partial charge >= 0.3 is 5.97 Å². The summed E-state index contributed by atoms with van der Waals surface area (Å²) in [5.41, 5.74) is 2.02. The number of nitrogens with one attached hydrogen (secondary N) is 1. The zero-order chi connectivity index (χ0) is 17.0. The first-order valence-corrected chi connectivity index (χ1v) is 8.17. The Morgan fingerprint density at radius 2 is 1.87 bits per heavy atom. The molecule has 1 aromatic heterocycles. The summed E-state index contributed by atoms with van der Waals surface area (Å²) in [7, 11) is 0. The fourth-order valence-electron chi connectivity index (χ4n) is 1.92. The number of aromatic nitrogens is 1. The smallest absolute Gasteiger partial charge is 0.335 e. The molecule has 5 nitrogen and oxygen atoms in total. The number of hydrogen-bond acceptors (Lipinski definition) is 4. The number of nitrogens with zero attached hydrogens (tertiary/aromatic N) is 1. The van der Waals surface area contributed by atoms with Gasteiger partial charge in [-0.05, 0) is 17.7 Å². The first-order valence-electron chi connectivity index (χ1n) is 7.29. The van der Waals surface area contributed by atoms with Gasteiger partial charge in [-0.3, -0.25) is 4.79 Å². The van der Waals surface area contributed by atoms with Crippen LogP contribution in [-0.2, 0) is 23.2 Å². The molecule has 0 atom stereocenters. The lowest BCUT2D eigenvalue weighted by Crippen LogP contribution is -2.24. The molecule has 0 aliphatic carbocycles. The predicted octanol–water partition coefficient (Wildman–Crippen LogP) is 3.00. The van der Waals surface area contributed by atoms with E-state index in [1.165, 1.54) is 23.5 Å². The van der Waals surface area contributed by atoms with Crippen LogP contribution >= 0.6 is 11.3 Å². The highest BCUT2D eigenvalue weighted by Crippen LogP contribution is 2.23. The first kappa shape index (κ1) is 17.1.